The Kier molecular flexibility index (Phi) is 8.48. The Hall–Kier alpha value is -5.39. The summed E-state index contributed by atoms with van der Waals surface area (Å²) in [4.78, 5) is 9.13. The molecule has 244 valence electrons. The highest BCUT2D eigenvalue weighted by molar-refractivity contribution is 7.86. The summed E-state index contributed by atoms with van der Waals surface area (Å²) in [7, 11) is -14.1. The summed E-state index contributed by atoms with van der Waals surface area (Å²) in [5.74, 6) is -1.48. The maximum atomic E-state index is 14.3. The Bertz CT molecular complexity index is 2450. The van der Waals surface area contributed by atoms with Gasteiger partial charge in [0.05, 0.1) is 20.9 Å². The van der Waals surface area contributed by atoms with Gasteiger partial charge < -0.3 is 21.5 Å². The number of phenols is 1. The number of azo groups is 1. The number of aromatic nitrogens is 3. The zero-order valence-corrected chi connectivity index (χ0v) is 25.5. The molecule has 0 spiro atoms. The van der Waals surface area contributed by atoms with Crippen LogP contribution in [0.5, 0.6) is 5.75 Å². The average molecular weight is 707 g/mol. The van der Waals surface area contributed by atoms with Crippen molar-refractivity contribution in [3.63, 3.8) is 0 Å². The Morgan fingerprint density at radius 2 is 1.34 bits per heavy atom. The lowest BCUT2D eigenvalue weighted by molar-refractivity contribution is 0.471. The molecule has 5 aromatic rings. The fourth-order valence-corrected chi connectivity index (χ4v) is 5.79. The molecule has 1 aromatic heterocycles. The molecule has 8 N–H and O–H groups in total. The minimum atomic E-state index is -4.90. The third-order valence-electron chi connectivity index (χ3n) is 6.12. The number of hydrogen-bond acceptors (Lipinski definition) is 15. The van der Waals surface area contributed by atoms with Gasteiger partial charge in [-0.2, -0.15) is 44.6 Å². The minimum absolute atomic E-state index is 0.0113. The molecule has 0 aliphatic heterocycles. The molecule has 0 saturated heterocycles. The Morgan fingerprint density at radius 1 is 0.702 bits per heavy atom. The molecule has 47 heavy (non-hydrogen) atoms. The molecule has 0 aliphatic carbocycles. The van der Waals surface area contributed by atoms with E-state index in [1.807, 2.05) is 0 Å². The number of nitrogens with two attached hydrogens (primary N) is 1. The number of anilines is 5. The van der Waals surface area contributed by atoms with Crippen molar-refractivity contribution in [1.29, 1.82) is 0 Å². The third kappa shape index (κ3) is 7.54. The van der Waals surface area contributed by atoms with Crippen LogP contribution in [-0.2, 0) is 30.4 Å². The van der Waals surface area contributed by atoms with Crippen molar-refractivity contribution < 1.29 is 48.4 Å². The molecule has 4 aromatic carbocycles. The van der Waals surface area contributed by atoms with Crippen LogP contribution in [0.15, 0.2) is 91.6 Å². The second-order valence-electron chi connectivity index (χ2n) is 9.38. The van der Waals surface area contributed by atoms with Crippen LogP contribution in [0.2, 0.25) is 0 Å². The van der Waals surface area contributed by atoms with Gasteiger partial charge >= 0.3 is 6.08 Å². The summed E-state index contributed by atoms with van der Waals surface area (Å²) in [6.45, 7) is 0. The molecule has 5 rings (SSSR count). The van der Waals surface area contributed by atoms with E-state index in [2.05, 4.69) is 35.8 Å². The minimum Gasteiger partial charge on any atom is -0.507 e. The van der Waals surface area contributed by atoms with Crippen molar-refractivity contribution in [2.24, 2.45) is 10.2 Å². The smallest absolute Gasteiger partial charge is 0.315 e. The molecule has 0 bridgehead atoms. The van der Waals surface area contributed by atoms with E-state index < -0.39 is 74.5 Å². The maximum Gasteiger partial charge on any atom is 0.315 e. The number of nitrogens with zero attached hydrogens (tertiary/aromatic N) is 5. The molecule has 1 heterocycles. The molecular formula is C25H19FN8O10S3. The molecule has 0 amide bonds. The standard InChI is InChI=1S/C25H19FN8O10S3/c26-23-30-24(28-13-2-1-3-15(9-13)45(36,37)38)32-25(31-23)29-14-5-7-20(47(42,43)44)18(10-14)33-34-22-17(27)6-4-12-8-16(46(39,40)41)11-19(35)21(12)22/h1-11,35H,27H2,(H,36,37,38)(H,39,40,41)(H,42,43,44)(H2,28,29,30,31,32). The van der Waals surface area contributed by atoms with E-state index in [1.165, 1.54) is 24.3 Å². The van der Waals surface area contributed by atoms with Crippen LogP contribution in [0.1, 0.15) is 0 Å². The molecule has 0 unspecified atom stereocenters. The van der Waals surface area contributed by atoms with Crippen LogP contribution >= 0.6 is 0 Å². The first-order valence-corrected chi connectivity index (χ1v) is 16.8. The number of phenolic OH excluding ortho intramolecular Hbond substituents is 1. The predicted molar refractivity (Wildman–Crippen MR) is 163 cm³/mol. The normalized spacial score (nSPS) is 12.4. The summed E-state index contributed by atoms with van der Waals surface area (Å²) >= 11 is 0. The largest absolute Gasteiger partial charge is 0.507 e. The Balaban J connectivity index is 1.52. The molecular weight excluding hydrogens is 688 g/mol. The number of rotatable bonds is 9. The first-order chi connectivity index (χ1) is 21.9. The molecule has 18 nitrogen and oxygen atoms in total. The Labute approximate surface area is 264 Å². The van der Waals surface area contributed by atoms with Gasteiger partial charge in [-0.1, -0.05) is 12.1 Å². The maximum absolute atomic E-state index is 14.3. The number of hydrogen-bond donors (Lipinski definition) is 7. The van der Waals surface area contributed by atoms with E-state index >= 15 is 0 Å². The highest BCUT2D eigenvalue weighted by atomic mass is 32.2. The molecule has 0 radical (unpaired) electrons. The van der Waals surface area contributed by atoms with Crippen molar-refractivity contribution in [2.45, 2.75) is 14.7 Å². The van der Waals surface area contributed by atoms with Gasteiger partial charge in [-0.25, -0.2) is 0 Å². The van der Waals surface area contributed by atoms with E-state index in [9.17, 15) is 48.4 Å². The van der Waals surface area contributed by atoms with Crippen molar-refractivity contribution in [1.82, 2.24) is 15.0 Å². The number of halogens is 1. The summed E-state index contributed by atoms with van der Waals surface area (Å²) in [5, 5.41) is 23.4. The monoisotopic (exact) mass is 706 g/mol. The highest BCUT2D eigenvalue weighted by Gasteiger charge is 2.20. The number of benzene rings is 4. The lowest BCUT2D eigenvalue weighted by Crippen LogP contribution is -2.07. The van der Waals surface area contributed by atoms with Gasteiger partial charge in [-0.05, 0) is 53.9 Å². The SMILES string of the molecule is Nc1ccc2cc(S(=O)(=O)O)cc(O)c2c1N=Nc1cc(Nc2nc(F)nc(Nc3cccc(S(=O)(=O)O)c3)n2)ccc1S(=O)(=O)O. The van der Waals surface area contributed by atoms with Crippen LogP contribution in [0.4, 0.5) is 44.7 Å². The quantitative estimate of drug-likeness (QED) is 0.0645. The van der Waals surface area contributed by atoms with Crippen LogP contribution in [0, 0.1) is 6.08 Å². The van der Waals surface area contributed by atoms with Gasteiger partial charge in [-0.15, -0.1) is 10.2 Å². The zero-order chi connectivity index (χ0) is 34.3. The van der Waals surface area contributed by atoms with Gasteiger partial charge in [0.2, 0.25) is 11.9 Å². The van der Waals surface area contributed by atoms with Crippen LogP contribution in [-0.4, -0.2) is 59.0 Å². The van der Waals surface area contributed by atoms with Gasteiger partial charge in [-0.3, -0.25) is 13.7 Å². The lowest BCUT2D eigenvalue weighted by atomic mass is 10.1. The zero-order valence-electron chi connectivity index (χ0n) is 23.0. The van der Waals surface area contributed by atoms with Crippen molar-refractivity contribution in [3.05, 3.63) is 72.8 Å². The van der Waals surface area contributed by atoms with E-state index in [-0.39, 0.29) is 33.5 Å². The van der Waals surface area contributed by atoms with Crippen LogP contribution < -0.4 is 16.4 Å². The number of nitrogen functional groups attached to an aromatic ring is 1. The summed E-state index contributed by atoms with van der Waals surface area (Å²) < 4.78 is 113. The van der Waals surface area contributed by atoms with E-state index in [0.717, 1.165) is 42.5 Å². The van der Waals surface area contributed by atoms with Crippen LogP contribution in [0.3, 0.4) is 0 Å². The average Bonchev–Trinajstić information content (AvgIpc) is 2.95. The molecule has 22 heteroatoms. The van der Waals surface area contributed by atoms with Gasteiger partial charge in [0, 0.05) is 17.4 Å². The molecule has 0 aliphatic rings. The fourth-order valence-electron chi connectivity index (χ4n) is 4.12. The second kappa shape index (κ2) is 12.1. The van der Waals surface area contributed by atoms with Crippen molar-refractivity contribution >= 4 is 81.5 Å². The van der Waals surface area contributed by atoms with Gasteiger partial charge in [0.25, 0.3) is 30.4 Å². The molecule has 0 saturated carbocycles. The summed E-state index contributed by atoms with van der Waals surface area (Å²) in [5.41, 5.74) is 5.25. The van der Waals surface area contributed by atoms with Crippen molar-refractivity contribution in [2.75, 3.05) is 16.4 Å². The van der Waals surface area contributed by atoms with Gasteiger partial charge in [0.15, 0.2) is 0 Å². The summed E-state index contributed by atoms with van der Waals surface area (Å²) in [6, 6.07) is 12.3. The van der Waals surface area contributed by atoms with Crippen molar-refractivity contribution in [3.8, 4) is 5.75 Å². The number of aromatic hydroxyl groups is 1. The fraction of sp³-hybridized carbons (Fsp3) is 0. The first-order valence-electron chi connectivity index (χ1n) is 12.5. The Morgan fingerprint density at radius 3 is 1.96 bits per heavy atom. The summed E-state index contributed by atoms with van der Waals surface area (Å²) in [6.07, 6.45) is -1.28. The third-order valence-corrected chi connectivity index (χ3v) is 8.70. The second-order valence-corrected chi connectivity index (χ2v) is 13.6. The lowest BCUT2D eigenvalue weighted by Gasteiger charge is -2.11. The number of nitrogens with one attached hydrogen (secondary N) is 2. The molecule has 0 atom stereocenters. The highest BCUT2D eigenvalue weighted by Crippen LogP contribution is 2.41. The van der Waals surface area contributed by atoms with Gasteiger partial charge in [0.1, 0.15) is 22.0 Å². The van der Waals surface area contributed by atoms with Crippen LogP contribution in [0.25, 0.3) is 10.8 Å². The first kappa shape index (κ1) is 33.0. The van der Waals surface area contributed by atoms with E-state index in [0.29, 0.717) is 0 Å². The number of fused-ring (bicyclic) bond motifs is 1. The van der Waals surface area contributed by atoms with E-state index in [4.69, 9.17) is 5.73 Å². The molecule has 0 fully saturated rings. The topological polar surface area (TPSA) is 297 Å². The van der Waals surface area contributed by atoms with E-state index in [1.54, 1.807) is 0 Å². The predicted octanol–water partition coefficient (Wildman–Crippen LogP) is 4.09.